The number of halogens is 1. The molecule has 0 saturated carbocycles. The van der Waals surface area contributed by atoms with Gasteiger partial charge in [0.2, 0.25) is 0 Å². The third kappa shape index (κ3) is 3.30. The molecule has 106 valence electrons. The Balaban J connectivity index is 2.13. The van der Waals surface area contributed by atoms with Crippen LogP contribution >= 0.6 is 11.6 Å². The minimum Gasteiger partial charge on any atom is -0.484 e. The second kappa shape index (κ2) is 6.43. The predicted molar refractivity (Wildman–Crippen MR) is 77.2 cm³/mol. The Hall–Kier alpha value is -2.01. The van der Waals surface area contributed by atoms with Crippen LogP contribution in [0.5, 0.6) is 5.75 Å². The van der Waals surface area contributed by atoms with Crippen LogP contribution in [0.15, 0.2) is 36.5 Å². The summed E-state index contributed by atoms with van der Waals surface area (Å²) in [6.07, 6.45) is 1.27. The fourth-order valence-corrected chi connectivity index (χ4v) is 1.92. The zero-order valence-electron chi connectivity index (χ0n) is 11.3. The van der Waals surface area contributed by atoms with Crippen LogP contribution in [0.25, 0.3) is 0 Å². The molecule has 0 fully saturated rings. The summed E-state index contributed by atoms with van der Waals surface area (Å²) in [5.41, 5.74) is 0.686. The molecule has 5 nitrogen and oxygen atoms in total. The number of carbonyl (C=O) groups excluding carboxylic acids is 1. The third-order valence-electron chi connectivity index (χ3n) is 2.74. The number of aromatic nitrogens is 2. The van der Waals surface area contributed by atoms with Gasteiger partial charge in [-0.2, -0.15) is 9.78 Å². The molecule has 1 amide bonds. The summed E-state index contributed by atoms with van der Waals surface area (Å²) < 4.78 is 7.09. The summed E-state index contributed by atoms with van der Waals surface area (Å²) >= 11 is 5.83. The first-order valence-corrected chi connectivity index (χ1v) is 6.74. The van der Waals surface area contributed by atoms with Crippen molar-refractivity contribution in [2.75, 3.05) is 6.54 Å². The third-order valence-corrected chi connectivity index (χ3v) is 2.99. The van der Waals surface area contributed by atoms with Gasteiger partial charge in [0, 0.05) is 17.8 Å². The fourth-order valence-electron chi connectivity index (χ4n) is 1.79. The highest BCUT2D eigenvalue weighted by Gasteiger charge is 2.17. The summed E-state index contributed by atoms with van der Waals surface area (Å²) in [6.45, 7) is 4.26. The van der Waals surface area contributed by atoms with Crippen LogP contribution in [-0.4, -0.2) is 22.4 Å². The molecule has 0 aliphatic carbocycles. The highest BCUT2D eigenvalue weighted by molar-refractivity contribution is 6.30. The molecule has 2 rings (SSSR count). The predicted octanol–water partition coefficient (Wildman–Crippen LogP) is 3.25. The fraction of sp³-hybridized carbons (Fsp3) is 0.286. The van der Waals surface area contributed by atoms with Gasteiger partial charge < -0.3 is 10.1 Å². The van der Waals surface area contributed by atoms with Gasteiger partial charge in [0.1, 0.15) is 11.9 Å². The van der Waals surface area contributed by atoms with Gasteiger partial charge in [0.25, 0.3) is 0 Å². The lowest BCUT2D eigenvalue weighted by molar-refractivity contribution is 0.209. The molecule has 1 atom stereocenters. The zero-order chi connectivity index (χ0) is 14.5. The van der Waals surface area contributed by atoms with E-state index in [1.54, 1.807) is 36.5 Å². The number of hydrogen-bond acceptors (Lipinski definition) is 3. The molecule has 0 bridgehead atoms. The summed E-state index contributed by atoms with van der Waals surface area (Å²) in [4.78, 5) is 11.8. The molecule has 0 unspecified atom stereocenters. The Morgan fingerprint density at radius 3 is 2.75 bits per heavy atom. The molecule has 0 aliphatic heterocycles. The average molecular weight is 294 g/mol. The molecular weight excluding hydrogens is 278 g/mol. The SMILES string of the molecule is CCNC(=O)n1nccc1[C@H](C)Oc1ccc(Cl)cc1. The van der Waals surface area contributed by atoms with Crippen molar-refractivity contribution in [1.82, 2.24) is 15.1 Å². The standard InChI is InChI=1S/C14H16ClN3O2/c1-3-16-14(19)18-13(8-9-17-18)10(2)20-12-6-4-11(15)5-7-12/h4-10H,3H2,1-2H3,(H,16,19)/t10-/m0/s1. The molecule has 1 N–H and O–H groups in total. The van der Waals surface area contributed by atoms with E-state index in [0.717, 1.165) is 0 Å². The maximum Gasteiger partial charge on any atom is 0.342 e. The van der Waals surface area contributed by atoms with E-state index in [1.807, 2.05) is 13.8 Å². The molecule has 0 spiro atoms. The lowest BCUT2D eigenvalue weighted by Crippen LogP contribution is -2.31. The van der Waals surface area contributed by atoms with E-state index >= 15 is 0 Å². The van der Waals surface area contributed by atoms with E-state index < -0.39 is 0 Å². The van der Waals surface area contributed by atoms with Gasteiger partial charge in [-0.1, -0.05) is 11.6 Å². The van der Waals surface area contributed by atoms with E-state index in [9.17, 15) is 4.79 Å². The van der Waals surface area contributed by atoms with Crippen LogP contribution in [-0.2, 0) is 0 Å². The second-order valence-corrected chi connectivity index (χ2v) is 4.65. The lowest BCUT2D eigenvalue weighted by Gasteiger charge is -2.16. The Morgan fingerprint density at radius 2 is 2.10 bits per heavy atom. The van der Waals surface area contributed by atoms with Crippen molar-refractivity contribution in [2.45, 2.75) is 20.0 Å². The highest BCUT2D eigenvalue weighted by atomic mass is 35.5. The molecule has 6 heteroatoms. The van der Waals surface area contributed by atoms with Crippen molar-refractivity contribution < 1.29 is 9.53 Å². The average Bonchev–Trinajstić information content (AvgIpc) is 2.91. The molecule has 1 aromatic heterocycles. The smallest absolute Gasteiger partial charge is 0.342 e. The normalized spacial score (nSPS) is 11.9. The molecule has 2 aromatic rings. The molecule has 0 radical (unpaired) electrons. The quantitative estimate of drug-likeness (QED) is 0.941. The molecule has 20 heavy (non-hydrogen) atoms. The molecular formula is C14H16ClN3O2. The van der Waals surface area contributed by atoms with Crippen LogP contribution in [0.4, 0.5) is 4.79 Å². The number of carbonyl (C=O) groups is 1. The maximum atomic E-state index is 11.8. The van der Waals surface area contributed by atoms with Crippen LogP contribution in [0.3, 0.4) is 0 Å². The summed E-state index contributed by atoms with van der Waals surface area (Å²) in [5, 5.41) is 7.37. The van der Waals surface area contributed by atoms with E-state index in [-0.39, 0.29) is 12.1 Å². The van der Waals surface area contributed by atoms with Gasteiger partial charge in [-0.3, -0.25) is 0 Å². The lowest BCUT2D eigenvalue weighted by atomic mass is 10.2. The minimum absolute atomic E-state index is 0.265. The first-order valence-electron chi connectivity index (χ1n) is 6.36. The number of hydrogen-bond donors (Lipinski definition) is 1. The van der Waals surface area contributed by atoms with Crippen molar-refractivity contribution in [2.24, 2.45) is 0 Å². The second-order valence-electron chi connectivity index (χ2n) is 4.22. The number of nitrogens with one attached hydrogen (secondary N) is 1. The van der Waals surface area contributed by atoms with Gasteiger partial charge in [-0.05, 0) is 44.2 Å². The van der Waals surface area contributed by atoms with Crippen LogP contribution in [0.1, 0.15) is 25.6 Å². The molecule has 1 heterocycles. The Kier molecular flexibility index (Phi) is 4.63. The highest BCUT2D eigenvalue weighted by Crippen LogP contribution is 2.22. The molecule has 0 aliphatic rings. The summed E-state index contributed by atoms with van der Waals surface area (Å²) in [7, 11) is 0. The first-order chi connectivity index (χ1) is 9.61. The van der Waals surface area contributed by atoms with Gasteiger partial charge in [-0.25, -0.2) is 4.79 Å². The number of nitrogens with zero attached hydrogens (tertiary/aromatic N) is 2. The number of ether oxygens (including phenoxy) is 1. The Bertz CT molecular complexity index is 580. The molecule has 0 saturated heterocycles. The monoisotopic (exact) mass is 293 g/mol. The number of benzene rings is 1. The van der Waals surface area contributed by atoms with Gasteiger partial charge in [0.05, 0.1) is 5.69 Å². The maximum absolute atomic E-state index is 11.8. The van der Waals surface area contributed by atoms with Crippen LogP contribution < -0.4 is 10.1 Å². The van der Waals surface area contributed by atoms with Gasteiger partial charge in [0.15, 0.2) is 0 Å². The Labute approximate surface area is 122 Å². The largest absolute Gasteiger partial charge is 0.484 e. The Morgan fingerprint density at radius 1 is 1.40 bits per heavy atom. The van der Waals surface area contributed by atoms with E-state index in [2.05, 4.69) is 10.4 Å². The van der Waals surface area contributed by atoms with Crippen molar-refractivity contribution in [1.29, 1.82) is 0 Å². The van der Waals surface area contributed by atoms with Gasteiger partial charge in [-0.15, -0.1) is 0 Å². The summed E-state index contributed by atoms with van der Waals surface area (Å²) in [5.74, 6) is 0.686. The number of amides is 1. The van der Waals surface area contributed by atoms with Crippen molar-refractivity contribution in [3.05, 3.63) is 47.2 Å². The molecule has 1 aromatic carbocycles. The summed E-state index contributed by atoms with van der Waals surface area (Å²) in [6, 6.07) is 8.57. The number of rotatable bonds is 4. The van der Waals surface area contributed by atoms with Crippen molar-refractivity contribution in [3.63, 3.8) is 0 Å². The van der Waals surface area contributed by atoms with Crippen LogP contribution in [0.2, 0.25) is 5.02 Å². The minimum atomic E-state index is -0.304. The van der Waals surface area contributed by atoms with E-state index in [1.165, 1.54) is 4.68 Å². The topological polar surface area (TPSA) is 56.2 Å². The van der Waals surface area contributed by atoms with Crippen molar-refractivity contribution >= 4 is 17.6 Å². The van der Waals surface area contributed by atoms with Crippen molar-refractivity contribution in [3.8, 4) is 5.75 Å². The van der Waals surface area contributed by atoms with E-state index in [0.29, 0.717) is 23.0 Å². The van der Waals surface area contributed by atoms with Crippen LogP contribution in [0, 0.1) is 0 Å². The van der Waals surface area contributed by atoms with Gasteiger partial charge >= 0.3 is 6.03 Å². The van der Waals surface area contributed by atoms with E-state index in [4.69, 9.17) is 16.3 Å². The first kappa shape index (κ1) is 14.4. The zero-order valence-corrected chi connectivity index (χ0v) is 12.1.